The van der Waals surface area contributed by atoms with Crippen molar-refractivity contribution in [2.75, 3.05) is 36.5 Å². The Labute approximate surface area is 103 Å². The lowest BCUT2D eigenvalue weighted by Gasteiger charge is -2.38. The van der Waals surface area contributed by atoms with Crippen molar-refractivity contribution in [2.24, 2.45) is 5.84 Å². The third-order valence-corrected chi connectivity index (χ3v) is 3.30. The largest absolute Gasteiger partial charge is 0.369 e. The first kappa shape index (κ1) is 12.1. The number of nitrogen functional groups attached to an aromatic ring is 1. The number of nitrogens with two attached hydrogens (primary N) is 1. The van der Waals surface area contributed by atoms with Crippen LogP contribution in [0.3, 0.4) is 0 Å². The van der Waals surface area contributed by atoms with Crippen molar-refractivity contribution in [2.45, 2.75) is 19.9 Å². The van der Waals surface area contributed by atoms with Crippen LogP contribution in [-0.4, -0.2) is 42.1 Å². The summed E-state index contributed by atoms with van der Waals surface area (Å²) in [5, 5.41) is 0. The molecule has 1 fully saturated rings. The van der Waals surface area contributed by atoms with Crippen LogP contribution in [0.25, 0.3) is 0 Å². The molecule has 17 heavy (non-hydrogen) atoms. The Balaban J connectivity index is 2.00. The number of aromatic nitrogens is 1. The Kier molecular flexibility index (Phi) is 3.81. The van der Waals surface area contributed by atoms with Crippen LogP contribution < -0.4 is 16.2 Å². The molecule has 2 rings (SSSR count). The lowest BCUT2D eigenvalue weighted by molar-refractivity contribution is 0.209. The van der Waals surface area contributed by atoms with Crippen LogP contribution in [-0.2, 0) is 0 Å². The molecule has 1 saturated heterocycles. The number of rotatable bonds is 3. The second-order valence-corrected chi connectivity index (χ2v) is 4.66. The first-order chi connectivity index (χ1) is 8.20. The molecule has 0 radical (unpaired) electrons. The van der Waals surface area contributed by atoms with Gasteiger partial charge in [0, 0.05) is 50.2 Å². The van der Waals surface area contributed by atoms with E-state index in [0.29, 0.717) is 11.9 Å². The first-order valence-corrected chi connectivity index (χ1v) is 6.12. The molecule has 0 aromatic carbocycles. The minimum Gasteiger partial charge on any atom is -0.369 e. The monoisotopic (exact) mass is 235 g/mol. The summed E-state index contributed by atoms with van der Waals surface area (Å²) in [4.78, 5) is 9.00. The molecule has 5 heteroatoms. The molecule has 1 aliphatic rings. The number of hydrogen-bond donors (Lipinski definition) is 2. The predicted molar refractivity (Wildman–Crippen MR) is 71.0 cm³/mol. The first-order valence-electron chi connectivity index (χ1n) is 6.12. The molecule has 94 valence electrons. The molecular weight excluding hydrogens is 214 g/mol. The van der Waals surface area contributed by atoms with E-state index in [4.69, 9.17) is 5.84 Å². The fourth-order valence-corrected chi connectivity index (χ4v) is 2.19. The van der Waals surface area contributed by atoms with E-state index in [9.17, 15) is 0 Å². The van der Waals surface area contributed by atoms with E-state index in [2.05, 4.69) is 34.1 Å². The van der Waals surface area contributed by atoms with Crippen LogP contribution in [0.4, 0.5) is 11.5 Å². The van der Waals surface area contributed by atoms with Crippen LogP contribution in [0.1, 0.15) is 13.8 Å². The van der Waals surface area contributed by atoms with Gasteiger partial charge in [0.2, 0.25) is 0 Å². The number of nitrogens with one attached hydrogen (secondary N) is 1. The molecule has 1 aromatic rings. The van der Waals surface area contributed by atoms with Gasteiger partial charge in [-0.25, -0.2) is 10.8 Å². The van der Waals surface area contributed by atoms with Crippen LogP contribution in [0, 0.1) is 0 Å². The molecule has 0 spiro atoms. The van der Waals surface area contributed by atoms with E-state index in [-0.39, 0.29) is 0 Å². The predicted octanol–water partition coefficient (Wildman–Crippen LogP) is 0.898. The maximum absolute atomic E-state index is 5.37. The number of anilines is 2. The number of nitrogens with zero attached hydrogens (tertiary/aromatic N) is 3. The normalized spacial score (nSPS) is 17.5. The van der Waals surface area contributed by atoms with E-state index < -0.39 is 0 Å². The number of hydrogen-bond acceptors (Lipinski definition) is 5. The van der Waals surface area contributed by atoms with E-state index in [1.54, 1.807) is 6.20 Å². The summed E-state index contributed by atoms with van der Waals surface area (Å²) in [6.45, 7) is 8.85. The number of pyridine rings is 1. The molecule has 0 bridgehead atoms. The second-order valence-electron chi connectivity index (χ2n) is 4.66. The van der Waals surface area contributed by atoms with Crippen molar-refractivity contribution >= 4 is 11.5 Å². The van der Waals surface area contributed by atoms with E-state index in [0.717, 1.165) is 26.2 Å². The zero-order valence-electron chi connectivity index (χ0n) is 10.6. The standard InChI is InChI=1S/C12H21N5/c1-10(2)16-5-7-17(8-6-16)11-3-4-14-12(9-11)15-13/h3-4,9-10H,5-8,13H2,1-2H3,(H,14,15). The average Bonchev–Trinajstić information content (AvgIpc) is 2.39. The third kappa shape index (κ3) is 2.87. The van der Waals surface area contributed by atoms with Gasteiger partial charge < -0.3 is 10.3 Å². The van der Waals surface area contributed by atoms with E-state index >= 15 is 0 Å². The Morgan fingerprint density at radius 3 is 2.59 bits per heavy atom. The molecule has 0 amide bonds. The molecule has 0 atom stereocenters. The summed E-state index contributed by atoms with van der Waals surface area (Å²) in [5.74, 6) is 6.09. The third-order valence-electron chi connectivity index (χ3n) is 3.30. The highest BCUT2D eigenvalue weighted by molar-refractivity contribution is 5.53. The highest BCUT2D eigenvalue weighted by Gasteiger charge is 2.18. The van der Waals surface area contributed by atoms with Crippen LogP contribution in [0.2, 0.25) is 0 Å². The van der Waals surface area contributed by atoms with Gasteiger partial charge in [-0.05, 0) is 19.9 Å². The smallest absolute Gasteiger partial charge is 0.141 e. The van der Waals surface area contributed by atoms with Gasteiger partial charge in [-0.1, -0.05) is 0 Å². The SMILES string of the molecule is CC(C)N1CCN(c2ccnc(NN)c2)CC1. The van der Waals surface area contributed by atoms with Crippen molar-refractivity contribution in [3.05, 3.63) is 18.3 Å². The summed E-state index contributed by atoms with van der Waals surface area (Å²) >= 11 is 0. The summed E-state index contributed by atoms with van der Waals surface area (Å²) in [5.41, 5.74) is 3.78. The number of piperazine rings is 1. The zero-order valence-corrected chi connectivity index (χ0v) is 10.6. The van der Waals surface area contributed by atoms with Crippen molar-refractivity contribution in [3.63, 3.8) is 0 Å². The summed E-state index contributed by atoms with van der Waals surface area (Å²) in [6.07, 6.45) is 1.79. The topological polar surface area (TPSA) is 57.4 Å². The van der Waals surface area contributed by atoms with Gasteiger partial charge in [0.05, 0.1) is 0 Å². The molecule has 0 unspecified atom stereocenters. The van der Waals surface area contributed by atoms with Crippen LogP contribution >= 0.6 is 0 Å². The number of hydrazine groups is 1. The summed E-state index contributed by atoms with van der Waals surface area (Å²) in [6, 6.07) is 4.66. The lowest BCUT2D eigenvalue weighted by Crippen LogP contribution is -2.48. The summed E-state index contributed by atoms with van der Waals surface area (Å²) in [7, 11) is 0. The Morgan fingerprint density at radius 1 is 1.29 bits per heavy atom. The Morgan fingerprint density at radius 2 is 2.00 bits per heavy atom. The van der Waals surface area contributed by atoms with Gasteiger partial charge in [-0.3, -0.25) is 4.90 Å². The Bertz CT molecular complexity index is 358. The molecule has 3 N–H and O–H groups in total. The van der Waals surface area contributed by atoms with Crippen LogP contribution in [0.15, 0.2) is 18.3 Å². The van der Waals surface area contributed by atoms with Gasteiger partial charge in [-0.2, -0.15) is 0 Å². The fourth-order valence-electron chi connectivity index (χ4n) is 2.19. The molecule has 1 aliphatic heterocycles. The maximum atomic E-state index is 5.37. The highest BCUT2D eigenvalue weighted by Crippen LogP contribution is 2.19. The minimum atomic E-state index is 0.635. The highest BCUT2D eigenvalue weighted by atomic mass is 15.3. The fraction of sp³-hybridized carbons (Fsp3) is 0.583. The van der Waals surface area contributed by atoms with Crippen molar-refractivity contribution in [1.82, 2.24) is 9.88 Å². The van der Waals surface area contributed by atoms with Crippen LogP contribution in [0.5, 0.6) is 0 Å². The van der Waals surface area contributed by atoms with Gasteiger partial charge in [-0.15, -0.1) is 0 Å². The van der Waals surface area contributed by atoms with E-state index in [1.807, 2.05) is 12.1 Å². The molecule has 2 heterocycles. The zero-order chi connectivity index (χ0) is 12.3. The van der Waals surface area contributed by atoms with Crippen molar-refractivity contribution in [3.8, 4) is 0 Å². The van der Waals surface area contributed by atoms with Gasteiger partial charge >= 0.3 is 0 Å². The average molecular weight is 235 g/mol. The molecule has 0 saturated carbocycles. The van der Waals surface area contributed by atoms with Gasteiger partial charge in [0.1, 0.15) is 5.82 Å². The van der Waals surface area contributed by atoms with E-state index in [1.165, 1.54) is 5.69 Å². The van der Waals surface area contributed by atoms with Gasteiger partial charge in [0.15, 0.2) is 0 Å². The second kappa shape index (κ2) is 5.33. The molecule has 0 aliphatic carbocycles. The van der Waals surface area contributed by atoms with Gasteiger partial charge in [0.25, 0.3) is 0 Å². The Hall–Kier alpha value is -1.33. The molecule has 5 nitrogen and oxygen atoms in total. The summed E-state index contributed by atoms with van der Waals surface area (Å²) < 4.78 is 0. The lowest BCUT2D eigenvalue weighted by atomic mass is 10.2. The maximum Gasteiger partial charge on any atom is 0.141 e. The molecule has 1 aromatic heterocycles. The molecular formula is C12H21N5. The van der Waals surface area contributed by atoms with Crippen molar-refractivity contribution in [1.29, 1.82) is 0 Å². The minimum absolute atomic E-state index is 0.635. The quantitative estimate of drug-likeness (QED) is 0.602. The van der Waals surface area contributed by atoms with Crippen molar-refractivity contribution < 1.29 is 0 Å².